The maximum atomic E-state index is 12.7. The minimum absolute atomic E-state index is 0.0105. The first-order chi connectivity index (χ1) is 13.6. The van der Waals surface area contributed by atoms with Crippen molar-refractivity contribution in [3.05, 3.63) is 59.7 Å². The van der Waals surface area contributed by atoms with Crippen molar-refractivity contribution in [2.45, 2.75) is 25.8 Å². The number of amides is 2. The summed E-state index contributed by atoms with van der Waals surface area (Å²) in [6, 6.07) is 14.9. The van der Waals surface area contributed by atoms with Crippen LogP contribution >= 0.6 is 0 Å². The first-order valence-electron chi connectivity index (χ1n) is 9.48. The van der Waals surface area contributed by atoms with Crippen LogP contribution in [0.3, 0.4) is 0 Å². The number of ether oxygens (including phenoxy) is 2. The molecule has 1 N–H and O–H groups in total. The van der Waals surface area contributed by atoms with Gasteiger partial charge >= 0.3 is 0 Å². The number of benzene rings is 2. The van der Waals surface area contributed by atoms with Crippen LogP contribution in [0.25, 0.3) is 0 Å². The fourth-order valence-corrected chi connectivity index (χ4v) is 3.27. The molecule has 2 aromatic rings. The number of nitrogens with one attached hydrogen (secondary N) is 1. The van der Waals surface area contributed by atoms with Gasteiger partial charge in [-0.05, 0) is 44.0 Å². The van der Waals surface area contributed by atoms with Crippen LogP contribution in [-0.2, 0) is 4.79 Å². The normalized spacial score (nSPS) is 14.4. The second kappa shape index (κ2) is 9.26. The van der Waals surface area contributed by atoms with Crippen molar-refractivity contribution in [3.63, 3.8) is 0 Å². The molecule has 1 aliphatic rings. The summed E-state index contributed by atoms with van der Waals surface area (Å²) >= 11 is 0. The van der Waals surface area contributed by atoms with E-state index in [1.54, 1.807) is 19.2 Å². The molecule has 1 saturated heterocycles. The maximum Gasteiger partial charge on any atom is 0.258 e. The number of rotatable bonds is 6. The van der Waals surface area contributed by atoms with Gasteiger partial charge in [0.15, 0.2) is 6.61 Å². The average molecular weight is 382 g/mol. The monoisotopic (exact) mass is 382 g/mol. The lowest BCUT2D eigenvalue weighted by Crippen LogP contribution is -2.47. The van der Waals surface area contributed by atoms with E-state index in [1.807, 2.05) is 48.2 Å². The fraction of sp³-hybridized carbons (Fsp3) is 0.364. The quantitative estimate of drug-likeness (QED) is 0.834. The Labute approximate surface area is 165 Å². The molecule has 0 aliphatic carbocycles. The number of aryl methyl sites for hydroxylation is 1. The van der Waals surface area contributed by atoms with Crippen molar-refractivity contribution in [3.8, 4) is 11.5 Å². The van der Waals surface area contributed by atoms with Crippen LogP contribution in [0.4, 0.5) is 0 Å². The molecule has 0 unspecified atom stereocenters. The molecular formula is C22H26N2O4. The molecule has 1 heterocycles. The second-order valence-electron chi connectivity index (χ2n) is 6.94. The molecule has 0 radical (unpaired) electrons. The molecule has 148 valence electrons. The van der Waals surface area contributed by atoms with E-state index in [0.29, 0.717) is 30.2 Å². The topological polar surface area (TPSA) is 67.9 Å². The highest BCUT2D eigenvalue weighted by molar-refractivity contribution is 5.97. The van der Waals surface area contributed by atoms with Crippen molar-refractivity contribution in [1.82, 2.24) is 10.2 Å². The van der Waals surface area contributed by atoms with E-state index in [-0.39, 0.29) is 24.5 Å². The number of carbonyl (C=O) groups excluding carboxylic acids is 2. The summed E-state index contributed by atoms with van der Waals surface area (Å²) < 4.78 is 10.8. The number of hydrogen-bond donors (Lipinski definition) is 1. The van der Waals surface area contributed by atoms with Crippen molar-refractivity contribution < 1.29 is 19.1 Å². The number of hydrogen-bond acceptors (Lipinski definition) is 4. The largest absolute Gasteiger partial charge is 0.496 e. The van der Waals surface area contributed by atoms with Gasteiger partial charge < -0.3 is 19.7 Å². The summed E-state index contributed by atoms with van der Waals surface area (Å²) in [5, 5.41) is 3.00. The van der Waals surface area contributed by atoms with Gasteiger partial charge in [0, 0.05) is 19.1 Å². The minimum atomic E-state index is -0.143. The SMILES string of the molecule is COc1ccccc1C(=O)N1CCC(NC(=O)COc2ccc(C)cc2)CC1. The molecule has 0 aromatic heterocycles. The lowest BCUT2D eigenvalue weighted by atomic mass is 10.0. The zero-order valence-corrected chi connectivity index (χ0v) is 16.3. The van der Waals surface area contributed by atoms with Crippen molar-refractivity contribution in [2.75, 3.05) is 26.8 Å². The molecule has 1 fully saturated rings. The third-order valence-electron chi connectivity index (χ3n) is 4.88. The van der Waals surface area contributed by atoms with E-state index in [0.717, 1.165) is 18.4 Å². The Morgan fingerprint density at radius 2 is 1.75 bits per heavy atom. The summed E-state index contributed by atoms with van der Waals surface area (Å²) in [5.41, 5.74) is 1.71. The van der Waals surface area contributed by atoms with Crippen molar-refractivity contribution in [1.29, 1.82) is 0 Å². The van der Waals surface area contributed by atoms with Crippen LogP contribution in [0, 0.1) is 6.92 Å². The highest BCUT2D eigenvalue weighted by atomic mass is 16.5. The van der Waals surface area contributed by atoms with Gasteiger partial charge in [0.25, 0.3) is 11.8 Å². The Morgan fingerprint density at radius 1 is 1.07 bits per heavy atom. The number of para-hydroxylation sites is 1. The van der Waals surface area contributed by atoms with Gasteiger partial charge in [0.2, 0.25) is 0 Å². The number of likely N-dealkylation sites (tertiary alicyclic amines) is 1. The van der Waals surface area contributed by atoms with Crippen molar-refractivity contribution >= 4 is 11.8 Å². The number of nitrogens with zero attached hydrogens (tertiary/aromatic N) is 1. The molecule has 0 bridgehead atoms. The van der Waals surface area contributed by atoms with Crippen LogP contribution < -0.4 is 14.8 Å². The van der Waals surface area contributed by atoms with E-state index >= 15 is 0 Å². The first kappa shape index (κ1) is 19.7. The van der Waals surface area contributed by atoms with Gasteiger partial charge in [0.1, 0.15) is 11.5 Å². The number of methoxy groups -OCH3 is 1. The molecular weight excluding hydrogens is 356 g/mol. The molecule has 1 aliphatic heterocycles. The minimum Gasteiger partial charge on any atom is -0.496 e. The third kappa shape index (κ3) is 5.03. The van der Waals surface area contributed by atoms with E-state index in [2.05, 4.69) is 5.32 Å². The molecule has 2 aromatic carbocycles. The molecule has 28 heavy (non-hydrogen) atoms. The zero-order valence-electron chi connectivity index (χ0n) is 16.3. The smallest absolute Gasteiger partial charge is 0.258 e. The highest BCUT2D eigenvalue weighted by Gasteiger charge is 2.26. The van der Waals surface area contributed by atoms with Gasteiger partial charge in [-0.15, -0.1) is 0 Å². The number of carbonyl (C=O) groups is 2. The van der Waals surface area contributed by atoms with E-state index in [4.69, 9.17) is 9.47 Å². The Kier molecular flexibility index (Phi) is 6.53. The van der Waals surface area contributed by atoms with Crippen LogP contribution in [-0.4, -0.2) is 49.6 Å². The Morgan fingerprint density at radius 3 is 2.43 bits per heavy atom. The van der Waals surface area contributed by atoms with Crippen LogP contribution in [0.5, 0.6) is 11.5 Å². The molecule has 6 nitrogen and oxygen atoms in total. The maximum absolute atomic E-state index is 12.7. The average Bonchev–Trinajstić information content (AvgIpc) is 2.73. The van der Waals surface area contributed by atoms with Gasteiger partial charge in [-0.1, -0.05) is 29.8 Å². The second-order valence-corrected chi connectivity index (χ2v) is 6.94. The summed E-state index contributed by atoms with van der Waals surface area (Å²) in [7, 11) is 1.56. The van der Waals surface area contributed by atoms with Gasteiger partial charge in [0.05, 0.1) is 12.7 Å². The van der Waals surface area contributed by atoms with Crippen molar-refractivity contribution in [2.24, 2.45) is 0 Å². The zero-order chi connectivity index (χ0) is 19.9. The molecule has 0 saturated carbocycles. The first-order valence-corrected chi connectivity index (χ1v) is 9.48. The standard InChI is InChI=1S/C22H26N2O4/c1-16-7-9-18(10-8-16)28-15-21(25)23-17-11-13-24(14-12-17)22(26)19-5-3-4-6-20(19)27-2/h3-10,17H,11-15H2,1-2H3,(H,23,25). The van der Waals surface area contributed by atoms with Gasteiger partial charge in [-0.2, -0.15) is 0 Å². The Balaban J connectivity index is 1.45. The molecule has 3 rings (SSSR count). The molecule has 2 amide bonds. The Bertz CT molecular complexity index is 812. The van der Waals surface area contributed by atoms with Crippen LogP contribution in [0.15, 0.2) is 48.5 Å². The molecule has 0 spiro atoms. The molecule has 0 atom stereocenters. The Hall–Kier alpha value is -3.02. The van der Waals surface area contributed by atoms with E-state index in [1.165, 1.54) is 0 Å². The predicted molar refractivity (Wildman–Crippen MR) is 107 cm³/mol. The van der Waals surface area contributed by atoms with Gasteiger partial charge in [-0.25, -0.2) is 0 Å². The summed E-state index contributed by atoms with van der Waals surface area (Å²) in [6.45, 7) is 3.19. The van der Waals surface area contributed by atoms with Crippen LogP contribution in [0.1, 0.15) is 28.8 Å². The fourth-order valence-electron chi connectivity index (χ4n) is 3.27. The lowest BCUT2D eigenvalue weighted by Gasteiger charge is -2.32. The summed E-state index contributed by atoms with van der Waals surface area (Å²) in [5.74, 6) is 1.08. The lowest BCUT2D eigenvalue weighted by molar-refractivity contribution is -0.124. The highest BCUT2D eigenvalue weighted by Crippen LogP contribution is 2.21. The number of piperidine rings is 1. The molecule has 6 heteroatoms. The van der Waals surface area contributed by atoms with E-state index in [9.17, 15) is 9.59 Å². The predicted octanol–water partition coefficient (Wildman–Crippen LogP) is 2.80. The summed E-state index contributed by atoms with van der Waals surface area (Å²) in [4.78, 5) is 26.7. The van der Waals surface area contributed by atoms with E-state index < -0.39 is 0 Å². The summed E-state index contributed by atoms with van der Waals surface area (Å²) in [6.07, 6.45) is 1.44. The van der Waals surface area contributed by atoms with Crippen LogP contribution in [0.2, 0.25) is 0 Å². The third-order valence-corrected chi connectivity index (χ3v) is 4.88. The van der Waals surface area contributed by atoms with Gasteiger partial charge in [-0.3, -0.25) is 9.59 Å².